The first-order valence-electron chi connectivity index (χ1n) is 12.0. The molecule has 0 aromatic heterocycles. The summed E-state index contributed by atoms with van der Waals surface area (Å²) in [6.07, 6.45) is 5.56. The van der Waals surface area contributed by atoms with Crippen molar-refractivity contribution in [1.29, 1.82) is 0 Å². The van der Waals surface area contributed by atoms with Crippen LogP contribution in [0, 0.1) is 0 Å². The van der Waals surface area contributed by atoms with Crippen LogP contribution in [-0.2, 0) is 33.7 Å². The summed E-state index contributed by atoms with van der Waals surface area (Å²) < 4.78 is 17.6. The summed E-state index contributed by atoms with van der Waals surface area (Å²) in [6.45, 7) is 5.73. The van der Waals surface area contributed by atoms with Crippen molar-refractivity contribution in [1.82, 2.24) is 4.90 Å². The maximum atomic E-state index is 13.0. The SMILES string of the molecule is CCc1ccc2c(c1)Cc1cccc(c1)CN(C(=O)CCC1CCCO1)CCOCCO2. The largest absolute Gasteiger partial charge is 0.491 e. The number of hydrogen-bond acceptors (Lipinski definition) is 4. The quantitative estimate of drug-likeness (QED) is 0.705. The molecule has 0 saturated carbocycles. The molecule has 2 bridgehead atoms. The molecule has 1 unspecified atom stereocenters. The summed E-state index contributed by atoms with van der Waals surface area (Å²) in [5.74, 6) is 1.11. The van der Waals surface area contributed by atoms with Crippen molar-refractivity contribution >= 4 is 5.91 Å². The predicted molar refractivity (Wildman–Crippen MR) is 125 cm³/mol. The van der Waals surface area contributed by atoms with Gasteiger partial charge in [-0.2, -0.15) is 0 Å². The molecule has 2 aliphatic rings. The van der Waals surface area contributed by atoms with Gasteiger partial charge >= 0.3 is 0 Å². The third kappa shape index (κ3) is 6.33. The average Bonchev–Trinajstić information content (AvgIpc) is 3.33. The molecule has 1 atom stereocenters. The monoisotopic (exact) mass is 437 g/mol. The molecule has 4 rings (SSSR count). The highest BCUT2D eigenvalue weighted by Crippen LogP contribution is 2.25. The van der Waals surface area contributed by atoms with Gasteiger partial charge in [0.2, 0.25) is 5.91 Å². The summed E-state index contributed by atoms with van der Waals surface area (Å²) in [5, 5.41) is 0. The number of carbonyl (C=O) groups excluding carboxylic acids is 1. The highest BCUT2D eigenvalue weighted by Gasteiger charge is 2.20. The van der Waals surface area contributed by atoms with Crippen LogP contribution >= 0.6 is 0 Å². The zero-order valence-corrected chi connectivity index (χ0v) is 19.2. The van der Waals surface area contributed by atoms with E-state index in [1.807, 2.05) is 4.90 Å². The number of nitrogens with zero attached hydrogens (tertiary/aromatic N) is 1. The average molecular weight is 438 g/mol. The van der Waals surface area contributed by atoms with Gasteiger partial charge in [-0.15, -0.1) is 0 Å². The van der Waals surface area contributed by atoms with Crippen molar-refractivity contribution in [2.45, 2.75) is 58.1 Å². The van der Waals surface area contributed by atoms with E-state index < -0.39 is 0 Å². The molecule has 0 radical (unpaired) electrons. The van der Waals surface area contributed by atoms with Gasteiger partial charge in [0, 0.05) is 32.5 Å². The number of benzene rings is 2. The second-order valence-electron chi connectivity index (χ2n) is 8.74. The Bertz CT molecular complexity index is 891. The molecule has 2 aromatic rings. The van der Waals surface area contributed by atoms with Crippen molar-refractivity contribution in [2.75, 3.05) is 33.0 Å². The Labute approximate surface area is 191 Å². The fourth-order valence-corrected chi connectivity index (χ4v) is 4.50. The molecule has 0 aliphatic carbocycles. The molecular weight excluding hydrogens is 402 g/mol. The van der Waals surface area contributed by atoms with E-state index in [2.05, 4.69) is 49.4 Å². The molecule has 32 heavy (non-hydrogen) atoms. The van der Waals surface area contributed by atoms with Gasteiger partial charge < -0.3 is 19.1 Å². The molecule has 0 spiro atoms. The zero-order valence-electron chi connectivity index (χ0n) is 19.2. The molecule has 1 amide bonds. The number of fused-ring (bicyclic) bond motifs is 3. The van der Waals surface area contributed by atoms with Crippen molar-refractivity contribution in [3.8, 4) is 5.75 Å². The van der Waals surface area contributed by atoms with E-state index in [0.717, 1.165) is 50.0 Å². The first-order valence-corrected chi connectivity index (χ1v) is 12.0. The standard InChI is InChI=1S/C27H35NO4/c1-2-21-8-10-26-24(18-21)19-22-5-3-6-23(17-22)20-28(12-14-30-15-16-32-26)27(29)11-9-25-7-4-13-31-25/h3,5-6,8,10,17-18,25H,2,4,7,9,11-16,19-20H2,1H3. The minimum atomic E-state index is 0.177. The molecule has 1 saturated heterocycles. The Morgan fingerprint density at radius 3 is 2.81 bits per heavy atom. The lowest BCUT2D eigenvalue weighted by Crippen LogP contribution is -2.34. The van der Waals surface area contributed by atoms with E-state index in [1.165, 1.54) is 16.7 Å². The predicted octanol–water partition coefficient (Wildman–Crippen LogP) is 4.54. The fraction of sp³-hybridized carbons (Fsp3) is 0.519. The fourth-order valence-electron chi connectivity index (χ4n) is 4.50. The molecule has 1 fully saturated rings. The second kappa shape index (κ2) is 11.5. The van der Waals surface area contributed by atoms with Crippen LogP contribution in [0.4, 0.5) is 0 Å². The van der Waals surface area contributed by atoms with E-state index in [9.17, 15) is 4.79 Å². The van der Waals surface area contributed by atoms with Crippen LogP contribution in [0.25, 0.3) is 0 Å². The van der Waals surface area contributed by atoms with Crippen molar-refractivity contribution in [3.05, 3.63) is 64.7 Å². The van der Waals surface area contributed by atoms with Gasteiger partial charge in [-0.05, 0) is 54.0 Å². The van der Waals surface area contributed by atoms with Gasteiger partial charge in [0.05, 0.1) is 19.3 Å². The van der Waals surface area contributed by atoms with E-state index in [1.54, 1.807) is 0 Å². The van der Waals surface area contributed by atoms with Crippen LogP contribution in [0.15, 0.2) is 42.5 Å². The number of aryl methyl sites for hydroxylation is 1. The van der Waals surface area contributed by atoms with Gasteiger partial charge in [-0.1, -0.05) is 43.3 Å². The maximum absolute atomic E-state index is 13.0. The number of ether oxygens (including phenoxy) is 3. The second-order valence-corrected chi connectivity index (χ2v) is 8.74. The van der Waals surface area contributed by atoms with Crippen molar-refractivity contribution in [2.24, 2.45) is 0 Å². The maximum Gasteiger partial charge on any atom is 0.223 e. The highest BCUT2D eigenvalue weighted by atomic mass is 16.5. The third-order valence-electron chi connectivity index (χ3n) is 6.34. The number of hydrogen-bond donors (Lipinski definition) is 0. The summed E-state index contributed by atoms with van der Waals surface area (Å²) in [7, 11) is 0. The minimum absolute atomic E-state index is 0.177. The Hall–Kier alpha value is -2.37. The Kier molecular flexibility index (Phi) is 8.18. The lowest BCUT2D eigenvalue weighted by molar-refractivity contribution is -0.133. The van der Waals surface area contributed by atoms with E-state index in [4.69, 9.17) is 14.2 Å². The topological polar surface area (TPSA) is 48.0 Å². The van der Waals surface area contributed by atoms with E-state index in [0.29, 0.717) is 39.3 Å². The lowest BCUT2D eigenvalue weighted by atomic mass is 9.99. The Balaban J connectivity index is 1.50. The number of rotatable bonds is 4. The molecule has 5 nitrogen and oxygen atoms in total. The van der Waals surface area contributed by atoms with E-state index >= 15 is 0 Å². The molecular formula is C27H35NO4. The molecule has 2 aromatic carbocycles. The van der Waals surface area contributed by atoms with Gasteiger partial charge in [0.1, 0.15) is 12.4 Å². The van der Waals surface area contributed by atoms with Crippen LogP contribution in [0.3, 0.4) is 0 Å². The number of carbonyl (C=O) groups is 1. The van der Waals surface area contributed by atoms with Gasteiger partial charge in [-0.25, -0.2) is 0 Å². The summed E-state index contributed by atoms with van der Waals surface area (Å²) in [6, 6.07) is 15.0. The molecule has 2 aliphatic heterocycles. The van der Waals surface area contributed by atoms with Gasteiger partial charge in [-0.3, -0.25) is 4.79 Å². The van der Waals surface area contributed by atoms with Crippen LogP contribution < -0.4 is 4.74 Å². The summed E-state index contributed by atoms with van der Waals surface area (Å²) >= 11 is 0. The summed E-state index contributed by atoms with van der Waals surface area (Å²) in [5.41, 5.74) is 4.90. The van der Waals surface area contributed by atoms with Gasteiger partial charge in [0.25, 0.3) is 0 Å². The van der Waals surface area contributed by atoms with Crippen molar-refractivity contribution < 1.29 is 19.0 Å². The summed E-state index contributed by atoms with van der Waals surface area (Å²) in [4.78, 5) is 14.9. The molecule has 0 N–H and O–H groups in total. The molecule has 5 heteroatoms. The molecule has 172 valence electrons. The van der Waals surface area contributed by atoms with Crippen molar-refractivity contribution in [3.63, 3.8) is 0 Å². The first-order chi connectivity index (χ1) is 15.7. The molecule has 2 heterocycles. The first kappa shape index (κ1) is 22.8. The van der Waals surface area contributed by atoms with Crippen LogP contribution in [0.5, 0.6) is 5.75 Å². The lowest BCUT2D eigenvalue weighted by Gasteiger charge is -2.24. The van der Waals surface area contributed by atoms with E-state index in [-0.39, 0.29) is 12.0 Å². The highest BCUT2D eigenvalue weighted by molar-refractivity contribution is 5.76. The van der Waals surface area contributed by atoms with Crippen LogP contribution in [-0.4, -0.2) is 49.9 Å². The smallest absolute Gasteiger partial charge is 0.223 e. The van der Waals surface area contributed by atoms with Crippen LogP contribution in [0.1, 0.15) is 54.9 Å². The van der Waals surface area contributed by atoms with Crippen LogP contribution in [0.2, 0.25) is 0 Å². The zero-order chi connectivity index (χ0) is 22.2. The normalized spacial score (nSPS) is 19.7. The third-order valence-corrected chi connectivity index (χ3v) is 6.34. The Morgan fingerprint density at radius 1 is 1.06 bits per heavy atom. The van der Waals surface area contributed by atoms with Gasteiger partial charge in [0.15, 0.2) is 0 Å². The minimum Gasteiger partial charge on any atom is -0.491 e. The Morgan fingerprint density at radius 2 is 1.97 bits per heavy atom. The number of amides is 1.